The first-order valence-electron chi connectivity index (χ1n) is 11.2. The smallest absolute Gasteiger partial charge is 0.265 e. The van der Waals surface area contributed by atoms with Gasteiger partial charge >= 0.3 is 0 Å². The summed E-state index contributed by atoms with van der Waals surface area (Å²) in [7, 11) is 0. The molecule has 0 bridgehead atoms. The van der Waals surface area contributed by atoms with Crippen molar-refractivity contribution in [2.75, 3.05) is 31.3 Å². The van der Waals surface area contributed by atoms with E-state index in [2.05, 4.69) is 5.32 Å². The molecule has 2 atom stereocenters. The Bertz CT molecular complexity index is 1100. The molecule has 8 nitrogen and oxygen atoms in total. The molecular weight excluding hydrogens is 443 g/mol. The van der Waals surface area contributed by atoms with Crippen LogP contribution in [-0.2, 0) is 14.3 Å². The van der Waals surface area contributed by atoms with Gasteiger partial charge in [0.15, 0.2) is 19.0 Å². The van der Waals surface area contributed by atoms with Crippen LogP contribution in [0.4, 0.5) is 10.1 Å². The molecule has 2 aliphatic rings. The number of aryl methyl sites for hydroxylation is 1. The van der Waals surface area contributed by atoms with Gasteiger partial charge in [0.1, 0.15) is 23.4 Å². The van der Waals surface area contributed by atoms with Gasteiger partial charge in [-0.15, -0.1) is 0 Å². The number of halogens is 1. The van der Waals surface area contributed by atoms with E-state index < -0.39 is 6.04 Å². The molecule has 1 N–H and O–H groups in total. The maximum absolute atomic E-state index is 13.3. The molecule has 1 fully saturated rings. The third-order valence-electron chi connectivity index (χ3n) is 5.95. The molecule has 0 aromatic heterocycles. The molecule has 1 saturated heterocycles. The third-order valence-corrected chi connectivity index (χ3v) is 5.95. The summed E-state index contributed by atoms with van der Waals surface area (Å²) < 4.78 is 29.9. The molecule has 2 amide bonds. The minimum Gasteiger partial charge on any atom is -0.485 e. The summed E-state index contributed by atoms with van der Waals surface area (Å²) >= 11 is 0. The Morgan fingerprint density at radius 1 is 1.26 bits per heavy atom. The van der Waals surface area contributed by atoms with Crippen LogP contribution in [0.25, 0.3) is 0 Å². The third kappa shape index (κ3) is 5.20. The van der Waals surface area contributed by atoms with Gasteiger partial charge in [0.2, 0.25) is 5.91 Å². The van der Waals surface area contributed by atoms with Gasteiger partial charge < -0.3 is 19.5 Å². The second-order valence-electron chi connectivity index (χ2n) is 8.41. The molecule has 34 heavy (non-hydrogen) atoms. The second kappa shape index (κ2) is 10.2. The van der Waals surface area contributed by atoms with Crippen LogP contribution < -0.4 is 19.7 Å². The van der Waals surface area contributed by atoms with E-state index in [4.69, 9.17) is 14.2 Å². The normalized spacial score (nSPS) is 18.1. The van der Waals surface area contributed by atoms with E-state index in [1.54, 1.807) is 26.0 Å². The molecule has 2 aromatic carbocycles. The molecular formula is C25H27FN2O6. The molecule has 180 valence electrons. The first kappa shape index (κ1) is 23.7. The lowest BCUT2D eigenvalue weighted by Crippen LogP contribution is -2.52. The fourth-order valence-corrected chi connectivity index (χ4v) is 4.06. The fourth-order valence-electron chi connectivity index (χ4n) is 4.06. The van der Waals surface area contributed by atoms with Crippen LogP contribution in [0.3, 0.4) is 0 Å². The van der Waals surface area contributed by atoms with Crippen molar-refractivity contribution < 1.29 is 33.0 Å². The molecule has 2 heterocycles. The number of anilines is 1. The number of benzene rings is 2. The number of hydrogen-bond acceptors (Lipinski definition) is 6. The zero-order valence-corrected chi connectivity index (χ0v) is 19.1. The number of rotatable bonds is 8. The summed E-state index contributed by atoms with van der Waals surface area (Å²) in [5, 5.41) is 2.85. The Morgan fingerprint density at radius 2 is 2.09 bits per heavy atom. The summed E-state index contributed by atoms with van der Waals surface area (Å²) in [5.74, 6) is -0.599. The second-order valence-corrected chi connectivity index (χ2v) is 8.41. The molecule has 2 aliphatic heterocycles. The van der Waals surface area contributed by atoms with E-state index in [0.29, 0.717) is 41.5 Å². The van der Waals surface area contributed by atoms with Crippen LogP contribution in [0, 0.1) is 12.7 Å². The van der Waals surface area contributed by atoms with E-state index in [0.717, 1.165) is 12.8 Å². The van der Waals surface area contributed by atoms with Crippen LogP contribution >= 0.6 is 0 Å². The number of nitrogens with zero attached hydrogens (tertiary/aromatic N) is 1. The summed E-state index contributed by atoms with van der Waals surface area (Å²) in [6.45, 7) is 3.93. The first-order chi connectivity index (χ1) is 16.3. The lowest BCUT2D eigenvalue weighted by molar-refractivity contribution is -0.127. The molecule has 9 heteroatoms. The molecule has 0 unspecified atom stereocenters. The number of nitrogens with one attached hydrogen (secondary N) is 1. The minimum absolute atomic E-state index is 0.0159. The topological polar surface area (TPSA) is 94.2 Å². The number of ether oxygens (including phenoxy) is 3. The molecule has 0 aliphatic carbocycles. The van der Waals surface area contributed by atoms with E-state index in [1.807, 2.05) is 0 Å². The van der Waals surface area contributed by atoms with Gasteiger partial charge in [-0.3, -0.25) is 19.3 Å². The van der Waals surface area contributed by atoms with Gasteiger partial charge in [-0.2, -0.15) is 0 Å². The number of fused-ring (bicyclic) bond motifs is 1. The highest BCUT2D eigenvalue weighted by molar-refractivity contribution is 6.05. The molecule has 0 saturated carbocycles. The quantitative estimate of drug-likeness (QED) is 0.597. The van der Waals surface area contributed by atoms with Crippen molar-refractivity contribution in [1.82, 2.24) is 5.32 Å². The van der Waals surface area contributed by atoms with E-state index in [1.165, 1.54) is 29.2 Å². The summed E-state index contributed by atoms with van der Waals surface area (Å²) in [6, 6.07) is 7.96. The lowest BCUT2D eigenvalue weighted by atomic mass is 10.1. The largest absolute Gasteiger partial charge is 0.485 e. The van der Waals surface area contributed by atoms with Gasteiger partial charge in [-0.25, -0.2) is 4.39 Å². The molecule has 4 rings (SSSR count). The fraction of sp³-hybridized carbons (Fsp3) is 0.400. The monoisotopic (exact) mass is 470 g/mol. The van der Waals surface area contributed by atoms with Crippen molar-refractivity contribution in [2.24, 2.45) is 0 Å². The number of carbonyl (C=O) groups is 3. The molecule has 0 spiro atoms. The number of hydrogen-bond donors (Lipinski definition) is 1. The SMILES string of the molecule is Cc1cc(F)ccc1OCC(=O)c1ccc2c(c1)N([C@H](C)C(=O)NC[C@@H]1CCCO1)C(=O)CO2. The Balaban J connectivity index is 1.47. The predicted molar refractivity (Wildman–Crippen MR) is 122 cm³/mol. The Morgan fingerprint density at radius 3 is 2.82 bits per heavy atom. The van der Waals surface area contributed by atoms with Crippen molar-refractivity contribution in [2.45, 2.75) is 38.8 Å². The minimum atomic E-state index is -0.806. The zero-order valence-electron chi connectivity index (χ0n) is 19.1. The van der Waals surface area contributed by atoms with Crippen LogP contribution in [0.5, 0.6) is 11.5 Å². The first-order valence-corrected chi connectivity index (χ1v) is 11.2. The van der Waals surface area contributed by atoms with Crippen molar-refractivity contribution in [3.05, 3.63) is 53.3 Å². The predicted octanol–water partition coefficient (Wildman–Crippen LogP) is 2.80. The molecule has 0 radical (unpaired) electrons. The van der Waals surface area contributed by atoms with Gasteiger partial charge in [0.05, 0.1) is 11.8 Å². The maximum Gasteiger partial charge on any atom is 0.265 e. The summed E-state index contributed by atoms with van der Waals surface area (Å²) in [5.41, 5.74) is 1.22. The lowest BCUT2D eigenvalue weighted by Gasteiger charge is -2.33. The van der Waals surface area contributed by atoms with E-state index in [9.17, 15) is 18.8 Å². The van der Waals surface area contributed by atoms with Crippen molar-refractivity contribution >= 4 is 23.3 Å². The van der Waals surface area contributed by atoms with Gasteiger partial charge in [0, 0.05) is 18.7 Å². The van der Waals surface area contributed by atoms with Gasteiger partial charge in [-0.1, -0.05) is 0 Å². The molecule has 2 aromatic rings. The number of Topliss-reactive ketones (excluding diaryl/α,β-unsaturated/α-hetero) is 1. The Labute approximate surface area is 197 Å². The summed E-state index contributed by atoms with van der Waals surface area (Å²) in [6.07, 6.45) is 1.84. The van der Waals surface area contributed by atoms with Crippen LogP contribution in [0.15, 0.2) is 36.4 Å². The van der Waals surface area contributed by atoms with Gasteiger partial charge in [0.25, 0.3) is 5.91 Å². The van der Waals surface area contributed by atoms with E-state index >= 15 is 0 Å². The van der Waals surface area contributed by atoms with Crippen molar-refractivity contribution in [3.63, 3.8) is 0 Å². The van der Waals surface area contributed by atoms with Crippen molar-refractivity contribution in [3.8, 4) is 11.5 Å². The number of ketones is 1. The number of carbonyl (C=O) groups excluding carboxylic acids is 3. The highest BCUT2D eigenvalue weighted by Crippen LogP contribution is 2.34. The zero-order chi connectivity index (χ0) is 24.2. The number of amides is 2. The Kier molecular flexibility index (Phi) is 7.12. The highest BCUT2D eigenvalue weighted by Gasteiger charge is 2.34. The Hall–Kier alpha value is -3.46. The average molecular weight is 470 g/mol. The van der Waals surface area contributed by atoms with Crippen LogP contribution in [0.2, 0.25) is 0 Å². The standard InChI is InChI=1S/C25H27FN2O6/c1-15-10-18(26)6-8-22(15)33-13-21(29)17-5-7-23-20(11-17)28(24(30)14-34-23)16(2)25(31)27-12-19-4-3-9-32-19/h5-8,10-11,16,19H,3-4,9,12-14H2,1-2H3,(H,27,31)/t16-,19+/m1/s1. The van der Waals surface area contributed by atoms with E-state index in [-0.39, 0.29) is 42.7 Å². The maximum atomic E-state index is 13.3. The van der Waals surface area contributed by atoms with Crippen molar-refractivity contribution in [1.29, 1.82) is 0 Å². The summed E-state index contributed by atoms with van der Waals surface area (Å²) in [4.78, 5) is 39.6. The highest BCUT2D eigenvalue weighted by atomic mass is 19.1. The van der Waals surface area contributed by atoms with Crippen LogP contribution in [0.1, 0.15) is 35.7 Å². The van der Waals surface area contributed by atoms with Crippen LogP contribution in [-0.4, -0.2) is 56.1 Å². The van der Waals surface area contributed by atoms with Gasteiger partial charge in [-0.05, 0) is 68.7 Å². The average Bonchev–Trinajstić information content (AvgIpc) is 3.34.